The van der Waals surface area contributed by atoms with E-state index < -0.39 is 12.5 Å². The van der Waals surface area contributed by atoms with E-state index in [9.17, 15) is 13.6 Å². The van der Waals surface area contributed by atoms with Crippen LogP contribution >= 0.6 is 11.6 Å². The summed E-state index contributed by atoms with van der Waals surface area (Å²) < 4.78 is 39.6. The quantitative estimate of drug-likeness (QED) is 0.472. The Morgan fingerprint density at radius 1 is 1.28 bits per heavy atom. The second-order valence-corrected chi connectivity index (χ2v) is 6.37. The number of carbonyl (C=O) groups excluding carboxylic acids is 1. The maximum absolute atomic E-state index is 12.9. The number of halogens is 3. The van der Waals surface area contributed by atoms with E-state index in [4.69, 9.17) is 20.5 Å². The summed E-state index contributed by atoms with van der Waals surface area (Å²) in [5.41, 5.74) is 1.61. The number of carbonyl (C=O) groups is 1. The van der Waals surface area contributed by atoms with Crippen LogP contribution in [0.4, 0.5) is 14.5 Å². The van der Waals surface area contributed by atoms with E-state index in [1.54, 1.807) is 25.1 Å². The topological polar surface area (TPSA) is 90.4 Å². The van der Waals surface area contributed by atoms with Gasteiger partial charge in [0.25, 0.3) is 11.6 Å². The zero-order valence-electron chi connectivity index (χ0n) is 14.8. The van der Waals surface area contributed by atoms with Gasteiger partial charge in [0.05, 0.1) is 27.9 Å². The third-order valence-electron chi connectivity index (χ3n) is 4.04. The van der Waals surface area contributed by atoms with Crippen molar-refractivity contribution < 1.29 is 27.3 Å². The first-order chi connectivity index (χ1) is 13.9. The summed E-state index contributed by atoms with van der Waals surface area (Å²) in [5.74, 6) is -0.234. The van der Waals surface area contributed by atoms with E-state index in [2.05, 4.69) is 20.2 Å². The standard InChI is InChI=1S/C19H12ClF2N3O4/c1-9-16-11(8-13(15-3-2-6-27-15)24-18(16)29-25-9)17(26)23-10-4-5-14(12(20)7-10)28-19(21)22/h2-8,19H,1H3,(H,23,26). The van der Waals surface area contributed by atoms with Gasteiger partial charge in [0.1, 0.15) is 11.4 Å². The van der Waals surface area contributed by atoms with Crippen molar-refractivity contribution in [3.63, 3.8) is 0 Å². The van der Waals surface area contributed by atoms with Gasteiger partial charge in [-0.25, -0.2) is 4.98 Å². The van der Waals surface area contributed by atoms with Gasteiger partial charge in [0, 0.05) is 5.69 Å². The monoisotopic (exact) mass is 419 g/mol. The number of aryl methyl sites for hydroxylation is 1. The molecule has 10 heteroatoms. The highest BCUT2D eigenvalue weighted by molar-refractivity contribution is 6.32. The Balaban J connectivity index is 1.70. The molecule has 0 saturated carbocycles. The fourth-order valence-corrected chi connectivity index (χ4v) is 3.02. The molecule has 0 spiro atoms. The molecule has 1 N–H and O–H groups in total. The van der Waals surface area contributed by atoms with Gasteiger partial charge in [0.2, 0.25) is 0 Å². The minimum Gasteiger partial charge on any atom is -0.463 e. The molecule has 148 valence electrons. The lowest BCUT2D eigenvalue weighted by Gasteiger charge is -2.10. The van der Waals surface area contributed by atoms with Gasteiger partial charge in [0.15, 0.2) is 5.76 Å². The van der Waals surface area contributed by atoms with Crippen LogP contribution in [0.5, 0.6) is 5.75 Å². The smallest absolute Gasteiger partial charge is 0.387 e. The van der Waals surface area contributed by atoms with Crippen LogP contribution in [0.2, 0.25) is 5.02 Å². The molecule has 0 unspecified atom stereocenters. The van der Waals surface area contributed by atoms with Gasteiger partial charge in [-0.2, -0.15) is 8.78 Å². The fraction of sp³-hybridized carbons (Fsp3) is 0.105. The lowest BCUT2D eigenvalue weighted by Crippen LogP contribution is -2.13. The van der Waals surface area contributed by atoms with Crippen LogP contribution in [0.25, 0.3) is 22.6 Å². The van der Waals surface area contributed by atoms with E-state index in [1.807, 2.05) is 0 Å². The number of furan rings is 1. The van der Waals surface area contributed by atoms with Gasteiger partial charge < -0.3 is 19.0 Å². The Morgan fingerprint density at radius 3 is 2.79 bits per heavy atom. The number of ether oxygens (including phenoxy) is 1. The number of amides is 1. The molecule has 0 atom stereocenters. The summed E-state index contributed by atoms with van der Waals surface area (Å²) in [6.45, 7) is -1.32. The number of alkyl halides is 2. The number of nitrogens with zero attached hydrogens (tertiary/aromatic N) is 2. The molecule has 29 heavy (non-hydrogen) atoms. The Bertz CT molecular complexity index is 1190. The summed E-state index contributed by atoms with van der Waals surface area (Å²) >= 11 is 5.94. The Kier molecular flexibility index (Phi) is 4.89. The van der Waals surface area contributed by atoms with E-state index in [0.29, 0.717) is 28.2 Å². The van der Waals surface area contributed by atoms with Crippen molar-refractivity contribution in [2.75, 3.05) is 5.32 Å². The molecule has 1 amide bonds. The van der Waals surface area contributed by atoms with Crippen LogP contribution in [0.15, 0.2) is 51.6 Å². The lowest BCUT2D eigenvalue weighted by molar-refractivity contribution is -0.0497. The first kappa shape index (κ1) is 18.9. The molecule has 0 fully saturated rings. The van der Waals surface area contributed by atoms with E-state index in [0.717, 1.165) is 0 Å². The Morgan fingerprint density at radius 2 is 2.10 bits per heavy atom. The first-order valence-corrected chi connectivity index (χ1v) is 8.67. The molecular weight excluding hydrogens is 408 g/mol. The Hall–Kier alpha value is -3.46. The number of benzene rings is 1. The number of anilines is 1. The first-order valence-electron chi connectivity index (χ1n) is 8.29. The van der Waals surface area contributed by atoms with Gasteiger partial charge in [-0.1, -0.05) is 16.8 Å². The van der Waals surface area contributed by atoms with Crippen LogP contribution in [0, 0.1) is 6.92 Å². The fourth-order valence-electron chi connectivity index (χ4n) is 2.79. The molecule has 0 saturated heterocycles. The zero-order valence-corrected chi connectivity index (χ0v) is 15.5. The van der Waals surface area contributed by atoms with Crippen molar-refractivity contribution in [3.8, 4) is 17.2 Å². The third kappa shape index (κ3) is 3.77. The maximum Gasteiger partial charge on any atom is 0.387 e. The average Bonchev–Trinajstić information content (AvgIpc) is 3.33. The van der Waals surface area contributed by atoms with Crippen molar-refractivity contribution in [2.24, 2.45) is 0 Å². The van der Waals surface area contributed by atoms with Crippen LogP contribution in [-0.4, -0.2) is 22.7 Å². The molecule has 0 radical (unpaired) electrons. The molecule has 4 aromatic rings. The van der Waals surface area contributed by atoms with E-state index >= 15 is 0 Å². The van der Waals surface area contributed by atoms with Gasteiger partial charge in [-0.3, -0.25) is 4.79 Å². The number of pyridine rings is 1. The normalized spacial score (nSPS) is 11.2. The summed E-state index contributed by atoms with van der Waals surface area (Å²) in [7, 11) is 0. The number of hydrogen-bond acceptors (Lipinski definition) is 6. The minimum atomic E-state index is -3.00. The van der Waals surface area contributed by atoms with Gasteiger partial charge >= 0.3 is 6.61 Å². The summed E-state index contributed by atoms with van der Waals surface area (Å²) in [4.78, 5) is 17.3. The zero-order chi connectivity index (χ0) is 20.5. The molecule has 0 aliphatic heterocycles. The number of hydrogen-bond donors (Lipinski definition) is 1. The molecule has 0 aliphatic rings. The predicted molar refractivity (Wildman–Crippen MR) is 100 cm³/mol. The van der Waals surface area contributed by atoms with Crippen LogP contribution in [0.1, 0.15) is 16.1 Å². The van der Waals surface area contributed by atoms with Gasteiger partial charge in [-0.05, 0) is 43.3 Å². The molecule has 7 nitrogen and oxygen atoms in total. The molecular formula is C19H12ClF2N3O4. The van der Waals surface area contributed by atoms with E-state index in [1.165, 1.54) is 24.5 Å². The second kappa shape index (κ2) is 7.51. The van der Waals surface area contributed by atoms with E-state index in [-0.39, 0.29) is 22.0 Å². The van der Waals surface area contributed by atoms with Crippen LogP contribution < -0.4 is 10.1 Å². The van der Waals surface area contributed by atoms with Gasteiger partial charge in [-0.15, -0.1) is 0 Å². The SMILES string of the molecule is Cc1noc2nc(-c3ccco3)cc(C(=O)Nc3ccc(OC(F)F)c(Cl)c3)c12. The van der Waals surface area contributed by atoms with Crippen molar-refractivity contribution in [1.82, 2.24) is 10.1 Å². The largest absolute Gasteiger partial charge is 0.463 e. The highest BCUT2D eigenvalue weighted by Crippen LogP contribution is 2.31. The van der Waals surface area contributed by atoms with Crippen molar-refractivity contribution in [2.45, 2.75) is 13.5 Å². The van der Waals surface area contributed by atoms with Crippen LogP contribution in [0.3, 0.4) is 0 Å². The molecule has 1 aromatic carbocycles. The highest BCUT2D eigenvalue weighted by Gasteiger charge is 2.20. The maximum atomic E-state index is 12.9. The number of rotatable bonds is 5. The Labute approximate surface area is 167 Å². The average molecular weight is 420 g/mol. The number of nitrogens with one attached hydrogen (secondary N) is 1. The third-order valence-corrected chi connectivity index (χ3v) is 4.34. The molecule has 0 bridgehead atoms. The molecule has 3 aromatic heterocycles. The minimum absolute atomic E-state index is 0.0691. The lowest BCUT2D eigenvalue weighted by atomic mass is 10.1. The summed E-state index contributed by atoms with van der Waals surface area (Å²) in [6.07, 6.45) is 1.48. The van der Waals surface area contributed by atoms with Crippen molar-refractivity contribution in [3.05, 3.63) is 58.9 Å². The van der Waals surface area contributed by atoms with Crippen LogP contribution in [-0.2, 0) is 0 Å². The summed E-state index contributed by atoms with van der Waals surface area (Å²) in [5, 5.41) is 6.91. The number of aromatic nitrogens is 2. The van der Waals surface area contributed by atoms with Crippen molar-refractivity contribution in [1.29, 1.82) is 0 Å². The molecule has 0 aliphatic carbocycles. The molecule has 4 rings (SSSR count). The second-order valence-electron chi connectivity index (χ2n) is 5.96. The number of fused-ring (bicyclic) bond motifs is 1. The predicted octanol–water partition coefficient (Wildman–Crippen LogP) is 5.30. The summed E-state index contributed by atoms with van der Waals surface area (Å²) in [6, 6.07) is 8.89. The highest BCUT2D eigenvalue weighted by atomic mass is 35.5. The van der Waals surface area contributed by atoms with Crippen molar-refractivity contribution >= 4 is 34.3 Å². The molecule has 3 heterocycles.